The summed E-state index contributed by atoms with van der Waals surface area (Å²) in [5.74, 6) is 0.768. The zero-order valence-corrected chi connectivity index (χ0v) is 8.74. The van der Waals surface area contributed by atoms with E-state index in [1.165, 1.54) is 0 Å². The number of nitrogens with two attached hydrogens (primary N) is 1. The molecule has 5 nitrogen and oxygen atoms in total. The third-order valence-corrected chi connectivity index (χ3v) is 2.08. The molecule has 0 saturated heterocycles. The molecular formula is C9H16N4O. The van der Waals surface area contributed by atoms with Gasteiger partial charge in [0.2, 0.25) is 0 Å². The second kappa shape index (κ2) is 4.32. The molecule has 1 aromatic heterocycles. The summed E-state index contributed by atoms with van der Waals surface area (Å²) in [6, 6.07) is -0.326. The van der Waals surface area contributed by atoms with Crippen molar-refractivity contribution in [3.05, 3.63) is 21.9 Å². The van der Waals surface area contributed by atoms with E-state index in [0.717, 1.165) is 0 Å². The average molecular weight is 196 g/mol. The molecule has 0 spiro atoms. The van der Waals surface area contributed by atoms with Crippen LogP contribution in [-0.2, 0) is 0 Å². The number of hydrogen-bond donors (Lipinski definition) is 2. The quantitative estimate of drug-likeness (QED) is 0.745. The highest BCUT2D eigenvalue weighted by Gasteiger charge is 2.12. The summed E-state index contributed by atoms with van der Waals surface area (Å²) in [6.45, 7) is 5.79. The smallest absolute Gasteiger partial charge is 0.274 e. The lowest BCUT2D eigenvalue weighted by molar-refractivity contribution is 0.621. The van der Waals surface area contributed by atoms with Crippen molar-refractivity contribution < 1.29 is 0 Å². The van der Waals surface area contributed by atoms with Gasteiger partial charge in [0.05, 0.1) is 6.04 Å². The lowest BCUT2D eigenvalue weighted by Crippen LogP contribution is -2.26. The maximum atomic E-state index is 11.5. The Morgan fingerprint density at radius 3 is 2.50 bits per heavy atom. The molecule has 3 N–H and O–H groups in total. The second-order valence-electron chi connectivity index (χ2n) is 3.59. The van der Waals surface area contributed by atoms with Gasteiger partial charge in [0, 0.05) is 5.92 Å². The highest BCUT2D eigenvalue weighted by molar-refractivity contribution is 5.02. The minimum Gasteiger partial charge on any atom is -0.322 e. The summed E-state index contributed by atoms with van der Waals surface area (Å²) in [4.78, 5) is 14.2. The highest BCUT2D eigenvalue weighted by atomic mass is 16.1. The van der Waals surface area contributed by atoms with Crippen molar-refractivity contribution in [1.82, 2.24) is 15.2 Å². The first-order chi connectivity index (χ1) is 6.56. The fourth-order valence-corrected chi connectivity index (χ4v) is 1.05. The van der Waals surface area contributed by atoms with Gasteiger partial charge in [0.15, 0.2) is 0 Å². The van der Waals surface area contributed by atoms with Crippen LogP contribution in [-0.4, -0.2) is 15.2 Å². The largest absolute Gasteiger partial charge is 0.322 e. The van der Waals surface area contributed by atoms with Crippen LogP contribution in [0.2, 0.25) is 0 Å². The molecule has 0 aliphatic heterocycles. The summed E-state index contributed by atoms with van der Waals surface area (Å²) in [5.41, 5.74) is 5.79. The summed E-state index contributed by atoms with van der Waals surface area (Å²) in [7, 11) is 0. The van der Waals surface area contributed by atoms with Crippen molar-refractivity contribution in [2.24, 2.45) is 5.73 Å². The zero-order valence-electron chi connectivity index (χ0n) is 8.74. The summed E-state index contributed by atoms with van der Waals surface area (Å²) >= 11 is 0. The molecule has 0 fully saturated rings. The molecular weight excluding hydrogens is 180 g/mol. The third kappa shape index (κ3) is 2.17. The minimum atomic E-state index is -0.326. The molecule has 1 aromatic rings. The molecule has 5 heteroatoms. The summed E-state index contributed by atoms with van der Waals surface area (Å²) in [5, 5.41) is 7.77. The van der Waals surface area contributed by atoms with E-state index in [-0.39, 0.29) is 17.5 Å². The monoisotopic (exact) mass is 196 g/mol. The Labute approximate surface area is 82.7 Å². The fourth-order valence-electron chi connectivity index (χ4n) is 1.05. The predicted molar refractivity (Wildman–Crippen MR) is 54.0 cm³/mol. The van der Waals surface area contributed by atoms with Gasteiger partial charge in [-0.25, -0.2) is 0 Å². The van der Waals surface area contributed by atoms with E-state index < -0.39 is 0 Å². The van der Waals surface area contributed by atoms with Crippen molar-refractivity contribution in [3.8, 4) is 0 Å². The first kappa shape index (κ1) is 10.8. The van der Waals surface area contributed by atoms with Crippen molar-refractivity contribution in [2.75, 3.05) is 0 Å². The molecule has 78 valence electrons. The van der Waals surface area contributed by atoms with Crippen molar-refractivity contribution in [1.29, 1.82) is 0 Å². The van der Waals surface area contributed by atoms with Gasteiger partial charge in [-0.15, -0.1) is 10.2 Å². The molecule has 0 bridgehead atoms. The van der Waals surface area contributed by atoms with Crippen LogP contribution >= 0.6 is 0 Å². The van der Waals surface area contributed by atoms with E-state index >= 15 is 0 Å². The zero-order chi connectivity index (χ0) is 10.7. The maximum Gasteiger partial charge on any atom is 0.274 e. The van der Waals surface area contributed by atoms with E-state index in [9.17, 15) is 4.79 Å². The molecule has 1 unspecified atom stereocenters. The standard InChI is InChI=1S/C9H16N4O/c1-4-6(10)7-9(14)11-8(5(2)3)13-12-7/h5-6H,4,10H2,1-3H3,(H,11,13,14). The van der Waals surface area contributed by atoms with Gasteiger partial charge in [-0.2, -0.15) is 0 Å². The Kier molecular flexibility index (Phi) is 3.35. The van der Waals surface area contributed by atoms with E-state index in [1.54, 1.807) is 0 Å². The van der Waals surface area contributed by atoms with Crippen LogP contribution < -0.4 is 11.3 Å². The topological polar surface area (TPSA) is 84.7 Å². The number of nitrogens with one attached hydrogen (secondary N) is 1. The number of aromatic nitrogens is 3. The van der Waals surface area contributed by atoms with Gasteiger partial charge in [0.1, 0.15) is 11.5 Å². The Morgan fingerprint density at radius 1 is 1.43 bits per heavy atom. The van der Waals surface area contributed by atoms with E-state index in [0.29, 0.717) is 17.9 Å². The van der Waals surface area contributed by atoms with Crippen LogP contribution in [0.15, 0.2) is 4.79 Å². The summed E-state index contributed by atoms with van der Waals surface area (Å²) in [6.07, 6.45) is 0.679. The Balaban J connectivity index is 3.08. The SMILES string of the molecule is CCC(N)c1nnc(C(C)C)[nH]c1=O. The van der Waals surface area contributed by atoms with Crippen LogP contribution in [0.4, 0.5) is 0 Å². The first-order valence-corrected chi connectivity index (χ1v) is 4.78. The van der Waals surface area contributed by atoms with Crippen molar-refractivity contribution >= 4 is 0 Å². The molecule has 0 aromatic carbocycles. The number of rotatable bonds is 3. The third-order valence-electron chi connectivity index (χ3n) is 2.08. The van der Waals surface area contributed by atoms with Crippen LogP contribution in [0.1, 0.15) is 50.7 Å². The van der Waals surface area contributed by atoms with E-state index in [4.69, 9.17) is 5.73 Å². The lowest BCUT2D eigenvalue weighted by Gasteiger charge is -2.07. The molecule has 1 rings (SSSR count). The predicted octanol–water partition coefficient (Wildman–Crippen LogP) is 0.698. The molecule has 1 atom stereocenters. The van der Waals surface area contributed by atoms with E-state index in [2.05, 4.69) is 15.2 Å². The molecule has 0 amide bonds. The molecule has 14 heavy (non-hydrogen) atoms. The van der Waals surface area contributed by atoms with Crippen molar-refractivity contribution in [2.45, 2.75) is 39.2 Å². The van der Waals surface area contributed by atoms with Gasteiger partial charge in [-0.3, -0.25) is 4.79 Å². The molecule has 0 saturated carbocycles. The summed E-state index contributed by atoms with van der Waals surface area (Å²) < 4.78 is 0. The highest BCUT2D eigenvalue weighted by Crippen LogP contribution is 2.07. The first-order valence-electron chi connectivity index (χ1n) is 4.78. The number of aromatic amines is 1. The number of H-pyrrole nitrogens is 1. The van der Waals surface area contributed by atoms with Gasteiger partial charge in [-0.05, 0) is 6.42 Å². The lowest BCUT2D eigenvalue weighted by atomic mass is 10.2. The normalized spacial score (nSPS) is 13.2. The maximum absolute atomic E-state index is 11.5. The average Bonchev–Trinajstić information content (AvgIpc) is 2.16. The number of nitrogens with zero attached hydrogens (tertiary/aromatic N) is 2. The van der Waals surface area contributed by atoms with E-state index in [1.807, 2.05) is 20.8 Å². The Bertz CT molecular complexity index is 358. The molecule has 0 aliphatic rings. The van der Waals surface area contributed by atoms with Gasteiger partial charge in [-0.1, -0.05) is 20.8 Å². The molecule has 0 aliphatic carbocycles. The van der Waals surface area contributed by atoms with Gasteiger partial charge in [0.25, 0.3) is 5.56 Å². The van der Waals surface area contributed by atoms with Crippen LogP contribution in [0, 0.1) is 0 Å². The minimum absolute atomic E-state index is 0.169. The Hall–Kier alpha value is -1.23. The van der Waals surface area contributed by atoms with Gasteiger partial charge >= 0.3 is 0 Å². The van der Waals surface area contributed by atoms with Gasteiger partial charge < -0.3 is 10.7 Å². The Morgan fingerprint density at radius 2 is 2.07 bits per heavy atom. The van der Waals surface area contributed by atoms with Crippen LogP contribution in [0.25, 0.3) is 0 Å². The molecule has 0 radical (unpaired) electrons. The fraction of sp³-hybridized carbons (Fsp3) is 0.667. The second-order valence-corrected chi connectivity index (χ2v) is 3.59. The van der Waals surface area contributed by atoms with Crippen molar-refractivity contribution in [3.63, 3.8) is 0 Å². The molecule has 1 heterocycles. The number of hydrogen-bond acceptors (Lipinski definition) is 4. The van der Waals surface area contributed by atoms with Crippen LogP contribution in [0.3, 0.4) is 0 Å². The van der Waals surface area contributed by atoms with Crippen LogP contribution in [0.5, 0.6) is 0 Å².